The van der Waals surface area contributed by atoms with Crippen LogP contribution in [0.25, 0.3) is 11.0 Å². The lowest BCUT2D eigenvalue weighted by molar-refractivity contribution is -0.119. The Morgan fingerprint density at radius 3 is 2.76 bits per heavy atom. The Hall–Kier alpha value is -1.96. The Balaban J connectivity index is 2.36. The molecule has 0 aliphatic carbocycles. The maximum atomic E-state index is 11.8. The number of carbonyl (C=O) groups excluding carboxylic acids is 2. The van der Waals surface area contributed by atoms with Crippen molar-refractivity contribution in [3.05, 3.63) is 22.2 Å². The largest absolute Gasteiger partial charge is 0.274 e. The zero-order valence-electron chi connectivity index (χ0n) is 8.74. The highest BCUT2D eigenvalue weighted by molar-refractivity contribution is 9.10. The van der Waals surface area contributed by atoms with Gasteiger partial charge in [0.1, 0.15) is 11.0 Å². The minimum absolute atomic E-state index is 0.317. The second-order valence-corrected chi connectivity index (χ2v) is 4.20. The SMILES string of the molecule is CC(=O)NNC(=O)c1cc(Br)cc2n[nH]nc12. The average Bonchev–Trinajstić information content (AvgIpc) is 2.72. The van der Waals surface area contributed by atoms with E-state index in [-0.39, 0.29) is 5.91 Å². The molecule has 0 bridgehead atoms. The number of aromatic amines is 1. The van der Waals surface area contributed by atoms with Gasteiger partial charge in [-0.15, -0.1) is 0 Å². The Labute approximate surface area is 104 Å². The first-order valence-electron chi connectivity index (χ1n) is 4.65. The normalized spacial score (nSPS) is 10.2. The minimum atomic E-state index is -0.458. The van der Waals surface area contributed by atoms with Crippen LogP contribution in [0.3, 0.4) is 0 Å². The van der Waals surface area contributed by atoms with E-state index in [9.17, 15) is 9.59 Å². The zero-order chi connectivity index (χ0) is 12.4. The number of rotatable bonds is 1. The average molecular weight is 298 g/mol. The van der Waals surface area contributed by atoms with Crippen LogP contribution < -0.4 is 10.9 Å². The van der Waals surface area contributed by atoms with Crippen LogP contribution in [0.2, 0.25) is 0 Å². The van der Waals surface area contributed by atoms with Gasteiger partial charge in [-0.3, -0.25) is 20.4 Å². The van der Waals surface area contributed by atoms with Gasteiger partial charge < -0.3 is 0 Å². The van der Waals surface area contributed by atoms with E-state index in [1.165, 1.54) is 6.92 Å². The zero-order valence-corrected chi connectivity index (χ0v) is 10.3. The molecule has 1 aromatic carbocycles. The molecule has 2 rings (SSSR count). The van der Waals surface area contributed by atoms with Crippen molar-refractivity contribution in [2.75, 3.05) is 0 Å². The molecule has 0 atom stereocenters. The lowest BCUT2D eigenvalue weighted by atomic mass is 10.2. The van der Waals surface area contributed by atoms with Crippen LogP contribution in [0, 0.1) is 0 Å². The number of hydrogen-bond donors (Lipinski definition) is 3. The summed E-state index contributed by atoms with van der Waals surface area (Å²) >= 11 is 3.27. The van der Waals surface area contributed by atoms with Gasteiger partial charge in [0.15, 0.2) is 0 Å². The molecule has 0 spiro atoms. The van der Waals surface area contributed by atoms with Gasteiger partial charge in [-0.05, 0) is 12.1 Å². The summed E-state index contributed by atoms with van der Waals surface area (Å²) in [5.74, 6) is -0.815. The molecule has 0 aliphatic rings. The summed E-state index contributed by atoms with van der Waals surface area (Å²) in [6.45, 7) is 1.30. The summed E-state index contributed by atoms with van der Waals surface area (Å²) in [4.78, 5) is 22.5. The molecule has 17 heavy (non-hydrogen) atoms. The number of benzene rings is 1. The van der Waals surface area contributed by atoms with Gasteiger partial charge in [0.25, 0.3) is 5.91 Å². The Kier molecular flexibility index (Phi) is 3.05. The van der Waals surface area contributed by atoms with E-state index < -0.39 is 5.91 Å². The van der Waals surface area contributed by atoms with Crippen LogP contribution in [0.1, 0.15) is 17.3 Å². The first kappa shape index (κ1) is 11.5. The fourth-order valence-corrected chi connectivity index (χ4v) is 1.75. The second-order valence-electron chi connectivity index (χ2n) is 3.28. The van der Waals surface area contributed by atoms with Crippen molar-refractivity contribution in [2.45, 2.75) is 6.92 Å². The summed E-state index contributed by atoms with van der Waals surface area (Å²) in [5.41, 5.74) is 5.79. The van der Waals surface area contributed by atoms with Crippen molar-refractivity contribution >= 4 is 38.8 Å². The molecular formula is C9H8BrN5O2. The summed E-state index contributed by atoms with van der Waals surface area (Å²) < 4.78 is 0.701. The van der Waals surface area contributed by atoms with Gasteiger partial charge in [-0.2, -0.15) is 15.4 Å². The van der Waals surface area contributed by atoms with Crippen LogP contribution in [0.5, 0.6) is 0 Å². The Morgan fingerprint density at radius 2 is 2.06 bits per heavy atom. The molecule has 1 aromatic heterocycles. The van der Waals surface area contributed by atoms with Crippen LogP contribution in [-0.2, 0) is 4.79 Å². The second kappa shape index (κ2) is 4.50. The number of hydrazine groups is 1. The van der Waals surface area contributed by atoms with E-state index in [0.717, 1.165) is 0 Å². The molecular weight excluding hydrogens is 290 g/mol. The molecule has 0 radical (unpaired) electrons. The van der Waals surface area contributed by atoms with E-state index in [4.69, 9.17) is 0 Å². The predicted molar refractivity (Wildman–Crippen MR) is 62.9 cm³/mol. The summed E-state index contributed by atoms with van der Waals surface area (Å²) in [5, 5.41) is 10.2. The molecule has 3 N–H and O–H groups in total. The van der Waals surface area contributed by atoms with Gasteiger partial charge in [0.2, 0.25) is 5.91 Å². The van der Waals surface area contributed by atoms with Gasteiger partial charge >= 0.3 is 0 Å². The lowest BCUT2D eigenvalue weighted by Crippen LogP contribution is -2.40. The number of H-pyrrole nitrogens is 1. The van der Waals surface area contributed by atoms with Crippen molar-refractivity contribution in [3.8, 4) is 0 Å². The van der Waals surface area contributed by atoms with Gasteiger partial charge in [0.05, 0.1) is 5.56 Å². The molecule has 88 valence electrons. The summed E-state index contributed by atoms with van der Waals surface area (Å²) in [7, 11) is 0. The lowest BCUT2D eigenvalue weighted by Gasteiger charge is -2.05. The number of nitrogens with zero attached hydrogens (tertiary/aromatic N) is 2. The van der Waals surface area contributed by atoms with Crippen molar-refractivity contribution in [2.24, 2.45) is 0 Å². The summed E-state index contributed by atoms with van der Waals surface area (Å²) in [6, 6.07) is 3.33. The molecule has 8 heteroatoms. The quantitative estimate of drug-likeness (QED) is 0.667. The van der Waals surface area contributed by atoms with Crippen molar-refractivity contribution in [1.29, 1.82) is 0 Å². The Bertz CT molecular complexity index is 594. The van der Waals surface area contributed by atoms with E-state index in [1.54, 1.807) is 12.1 Å². The highest BCUT2D eigenvalue weighted by Crippen LogP contribution is 2.20. The standard InChI is InChI=1S/C9H8BrN5O2/c1-4(16)11-14-9(17)6-2-5(10)3-7-8(6)13-15-12-7/h2-3H,1H3,(H,11,16)(H,14,17)(H,12,13,15). The van der Waals surface area contributed by atoms with Crippen LogP contribution in [0.4, 0.5) is 0 Å². The van der Waals surface area contributed by atoms with Gasteiger partial charge in [-0.25, -0.2) is 0 Å². The number of hydrogen-bond acceptors (Lipinski definition) is 4. The monoisotopic (exact) mass is 297 g/mol. The first-order chi connectivity index (χ1) is 8.08. The molecule has 7 nitrogen and oxygen atoms in total. The van der Waals surface area contributed by atoms with Gasteiger partial charge in [-0.1, -0.05) is 15.9 Å². The van der Waals surface area contributed by atoms with Crippen LogP contribution in [0.15, 0.2) is 16.6 Å². The molecule has 2 aromatic rings. The number of carbonyl (C=O) groups is 2. The molecule has 2 amide bonds. The molecule has 1 heterocycles. The maximum absolute atomic E-state index is 11.8. The Morgan fingerprint density at radius 1 is 1.29 bits per heavy atom. The minimum Gasteiger partial charge on any atom is -0.274 e. The van der Waals surface area contributed by atoms with Crippen LogP contribution >= 0.6 is 15.9 Å². The van der Waals surface area contributed by atoms with Crippen LogP contribution in [-0.4, -0.2) is 27.2 Å². The summed E-state index contributed by atoms with van der Waals surface area (Å²) in [6.07, 6.45) is 0. The van der Waals surface area contributed by atoms with E-state index in [1.807, 2.05) is 0 Å². The number of amides is 2. The molecule has 0 unspecified atom stereocenters. The molecule has 0 saturated heterocycles. The van der Waals surface area contributed by atoms with Crippen molar-refractivity contribution in [3.63, 3.8) is 0 Å². The number of fused-ring (bicyclic) bond motifs is 1. The third-order valence-corrected chi connectivity index (χ3v) is 2.44. The van der Waals surface area contributed by atoms with E-state index >= 15 is 0 Å². The number of aromatic nitrogens is 3. The fraction of sp³-hybridized carbons (Fsp3) is 0.111. The maximum Gasteiger partial charge on any atom is 0.272 e. The van der Waals surface area contributed by atoms with E-state index in [0.29, 0.717) is 21.1 Å². The third kappa shape index (κ3) is 2.41. The number of nitrogens with one attached hydrogen (secondary N) is 3. The smallest absolute Gasteiger partial charge is 0.272 e. The predicted octanol–water partition coefficient (Wildman–Crippen LogP) is 0.501. The highest BCUT2D eigenvalue weighted by atomic mass is 79.9. The van der Waals surface area contributed by atoms with Crippen molar-refractivity contribution in [1.82, 2.24) is 26.3 Å². The highest BCUT2D eigenvalue weighted by Gasteiger charge is 2.14. The molecule has 0 aliphatic heterocycles. The fourth-order valence-electron chi connectivity index (χ4n) is 1.30. The third-order valence-electron chi connectivity index (χ3n) is 1.98. The first-order valence-corrected chi connectivity index (χ1v) is 5.44. The number of halogens is 1. The van der Waals surface area contributed by atoms with Gasteiger partial charge in [0, 0.05) is 11.4 Å². The molecule has 0 saturated carbocycles. The topological polar surface area (TPSA) is 99.8 Å². The van der Waals surface area contributed by atoms with Crippen molar-refractivity contribution < 1.29 is 9.59 Å². The van der Waals surface area contributed by atoms with E-state index in [2.05, 4.69) is 42.2 Å². The molecule has 0 fully saturated rings.